The second kappa shape index (κ2) is 10.2. The van der Waals surface area contributed by atoms with Gasteiger partial charge in [0.25, 0.3) is 0 Å². The summed E-state index contributed by atoms with van der Waals surface area (Å²) >= 11 is 0. The van der Waals surface area contributed by atoms with E-state index in [1.165, 1.54) is 5.56 Å². The first-order valence-electron chi connectivity index (χ1n) is 8.70. The van der Waals surface area contributed by atoms with E-state index in [-0.39, 0.29) is 6.10 Å². The molecule has 24 heavy (non-hydrogen) atoms. The Balaban J connectivity index is 1.60. The Morgan fingerprint density at radius 1 is 1.42 bits per heavy atom. The molecule has 1 unspecified atom stereocenters. The Bertz CT molecular complexity index is 515. The molecule has 3 N–H and O–H groups in total. The van der Waals surface area contributed by atoms with Crippen molar-refractivity contribution >= 4 is 5.96 Å². The van der Waals surface area contributed by atoms with Gasteiger partial charge in [0.2, 0.25) is 0 Å². The van der Waals surface area contributed by atoms with Gasteiger partial charge in [-0.1, -0.05) is 12.1 Å². The Labute approximate surface area is 145 Å². The van der Waals surface area contributed by atoms with E-state index in [9.17, 15) is 0 Å². The van der Waals surface area contributed by atoms with E-state index in [2.05, 4.69) is 28.2 Å². The van der Waals surface area contributed by atoms with Crippen LogP contribution in [0.4, 0.5) is 0 Å². The van der Waals surface area contributed by atoms with Crippen LogP contribution in [0.3, 0.4) is 0 Å². The first-order valence-corrected chi connectivity index (χ1v) is 8.70. The van der Waals surface area contributed by atoms with E-state index in [1.54, 1.807) is 0 Å². The quantitative estimate of drug-likeness (QED) is 0.427. The van der Waals surface area contributed by atoms with Gasteiger partial charge in [-0.15, -0.1) is 0 Å². The first kappa shape index (κ1) is 18.5. The van der Waals surface area contributed by atoms with Crippen LogP contribution in [0, 0.1) is 6.92 Å². The summed E-state index contributed by atoms with van der Waals surface area (Å²) in [5.74, 6) is 1.35. The molecule has 0 saturated carbocycles. The third-order valence-corrected chi connectivity index (χ3v) is 3.91. The predicted molar refractivity (Wildman–Crippen MR) is 97.6 cm³/mol. The maximum absolute atomic E-state index is 5.91. The number of nitrogens with one attached hydrogen (secondary N) is 1. The molecule has 1 aromatic rings. The lowest BCUT2D eigenvalue weighted by Crippen LogP contribution is -2.39. The van der Waals surface area contributed by atoms with Gasteiger partial charge in [0.1, 0.15) is 11.9 Å². The van der Waals surface area contributed by atoms with Crippen LogP contribution in [0.2, 0.25) is 0 Å². The molecule has 0 spiro atoms. The second-order valence-electron chi connectivity index (χ2n) is 6.21. The zero-order valence-corrected chi connectivity index (χ0v) is 14.8. The van der Waals surface area contributed by atoms with Gasteiger partial charge < -0.3 is 20.5 Å². The minimum atomic E-state index is -0.0134. The highest BCUT2D eigenvalue weighted by Gasteiger charge is 2.09. The van der Waals surface area contributed by atoms with Crippen LogP contribution in [0.25, 0.3) is 0 Å². The summed E-state index contributed by atoms with van der Waals surface area (Å²) in [5, 5.41) is 3.16. The molecule has 1 aliphatic heterocycles. The van der Waals surface area contributed by atoms with Crippen molar-refractivity contribution in [1.82, 2.24) is 10.2 Å². The van der Waals surface area contributed by atoms with Gasteiger partial charge in [0.05, 0.1) is 19.8 Å². The maximum Gasteiger partial charge on any atom is 0.188 e. The van der Waals surface area contributed by atoms with Crippen LogP contribution in [-0.4, -0.2) is 62.9 Å². The minimum Gasteiger partial charge on any atom is -0.489 e. The summed E-state index contributed by atoms with van der Waals surface area (Å²) in [6.45, 7) is 10.2. The number of guanidine groups is 1. The molecule has 0 aliphatic carbocycles. The highest BCUT2D eigenvalue weighted by molar-refractivity contribution is 5.77. The standard InChI is InChI=1S/C18H30N4O2/c1-15-5-3-6-17(13-15)24-16(2)14-21-18(19)20-7-4-8-22-9-11-23-12-10-22/h3,5-6,13,16H,4,7-12,14H2,1-2H3,(H3,19,20,21). The van der Waals surface area contributed by atoms with Crippen molar-refractivity contribution in [3.63, 3.8) is 0 Å². The number of aliphatic imine (C=N–C) groups is 1. The van der Waals surface area contributed by atoms with Crippen LogP contribution in [0.5, 0.6) is 5.75 Å². The molecular formula is C18H30N4O2. The van der Waals surface area contributed by atoms with Crippen LogP contribution in [-0.2, 0) is 4.74 Å². The lowest BCUT2D eigenvalue weighted by molar-refractivity contribution is 0.0376. The van der Waals surface area contributed by atoms with E-state index < -0.39 is 0 Å². The van der Waals surface area contributed by atoms with Gasteiger partial charge in [-0.25, -0.2) is 4.99 Å². The zero-order chi connectivity index (χ0) is 17.2. The SMILES string of the molecule is Cc1cccc(OC(C)CN=C(N)NCCCN2CCOCC2)c1. The largest absolute Gasteiger partial charge is 0.489 e. The molecule has 6 nitrogen and oxygen atoms in total. The first-order chi connectivity index (χ1) is 11.6. The van der Waals surface area contributed by atoms with E-state index in [4.69, 9.17) is 15.2 Å². The fourth-order valence-corrected chi connectivity index (χ4v) is 2.58. The smallest absolute Gasteiger partial charge is 0.188 e. The van der Waals surface area contributed by atoms with Crippen molar-refractivity contribution in [3.8, 4) is 5.75 Å². The molecule has 0 bridgehead atoms. The van der Waals surface area contributed by atoms with Crippen LogP contribution in [0.1, 0.15) is 18.9 Å². The van der Waals surface area contributed by atoms with E-state index in [0.717, 1.165) is 51.6 Å². The van der Waals surface area contributed by atoms with Crippen molar-refractivity contribution in [1.29, 1.82) is 0 Å². The average molecular weight is 334 g/mol. The van der Waals surface area contributed by atoms with Crippen molar-refractivity contribution in [2.24, 2.45) is 10.7 Å². The highest BCUT2D eigenvalue weighted by atomic mass is 16.5. The van der Waals surface area contributed by atoms with E-state index in [0.29, 0.717) is 12.5 Å². The van der Waals surface area contributed by atoms with Gasteiger partial charge in [0.15, 0.2) is 5.96 Å². The number of ether oxygens (including phenoxy) is 2. The molecule has 1 aromatic carbocycles. The predicted octanol–water partition coefficient (Wildman–Crippen LogP) is 1.39. The third-order valence-electron chi connectivity index (χ3n) is 3.91. The minimum absolute atomic E-state index is 0.0134. The van der Waals surface area contributed by atoms with Crippen molar-refractivity contribution in [3.05, 3.63) is 29.8 Å². The van der Waals surface area contributed by atoms with Gasteiger partial charge in [0, 0.05) is 19.6 Å². The number of morpholine rings is 1. The number of nitrogens with zero attached hydrogens (tertiary/aromatic N) is 2. The highest BCUT2D eigenvalue weighted by Crippen LogP contribution is 2.14. The average Bonchev–Trinajstić information content (AvgIpc) is 2.58. The van der Waals surface area contributed by atoms with Crippen molar-refractivity contribution in [2.45, 2.75) is 26.4 Å². The number of hydrogen-bond acceptors (Lipinski definition) is 4. The molecular weight excluding hydrogens is 304 g/mol. The number of nitrogens with two attached hydrogens (primary N) is 1. The Morgan fingerprint density at radius 3 is 2.96 bits per heavy atom. The Morgan fingerprint density at radius 2 is 2.21 bits per heavy atom. The number of hydrogen-bond donors (Lipinski definition) is 2. The normalized spacial score (nSPS) is 17.5. The fourth-order valence-electron chi connectivity index (χ4n) is 2.58. The Kier molecular flexibility index (Phi) is 7.85. The molecule has 1 fully saturated rings. The fraction of sp³-hybridized carbons (Fsp3) is 0.611. The third kappa shape index (κ3) is 7.19. The van der Waals surface area contributed by atoms with Gasteiger partial charge >= 0.3 is 0 Å². The molecule has 0 amide bonds. The lowest BCUT2D eigenvalue weighted by Gasteiger charge is -2.26. The molecule has 0 aromatic heterocycles. The number of rotatable bonds is 8. The number of aryl methyl sites for hydroxylation is 1. The summed E-state index contributed by atoms with van der Waals surface area (Å²) < 4.78 is 11.2. The molecule has 2 rings (SSSR count). The summed E-state index contributed by atoms with van der Waals surface area (Å²) in [6, 6.07) is 8.02. The monoisotopic (exact) mass is 334 g/mol. The maximum atomic E-state index is 5.91. The summed E-state index contributed by atoms with van der Waals surface area (Å²) in [6.07, 6.45) is 1.03. The molecule has 134 valence electrons. The molecule has 1 aliphatic rings. The molecule has 1 saturated heterocycles. The Hall–Kier alpha value is -1.79. The molecule has 1 atom stereocenters. The topological polar surface area (TPSA) is 72.1 Å². The molecule has 6 heteroatoms. The van der Waals surface area contributed by atoms with Crippen molar-refractivity contribution in [2.75, 3.05) is 45.9 Å². The summed E-state index contributed by atoms with van der Waals surface area (Å²) in [4.78, 5) is 6.76. The van der Waals surface area contributed by atoms with Crippen LogP contribution >= 0.6 is 0 Å². The van der Waals surface area contributed by atoms with Gasteiger partial charge in [-0.3, -0.25) is 4.90 Å². The van der Waals surface area contributed by atoms with Crippen molar-refractivity contribution < 1.29 is 9.47 Å². The van der Waals surface area contributed by atoms with Gasteiger partial charge in [-0.05, 0) is 44.5 Å². The van der Waals surface area contributed by atoms with Crippen LogP contribution in [0.15, 0.2) is 29.3 Å². The summed E-state index contributed by atoms with van der Waals surface area (Å²) in [7, 11) is 0. The zero-order valence-electron chi connectivity index (χ0n) is 14.8. The lowest BCUT2D eigenvalue weighted by atomic mass is 10.2. The molecule has 0 radical (unpaired) electrons. The molecule has 1 heterocycles. The van der Waals surface area contributed by atoms with Gasteiger partial charge in [-0.2, -0.15) is 0 Å². The van der Waals surface area contributed by atoms with E-state index >= 15 is 0 Å². The second-order valence-corrected chi connectivity index (χ2v) is 6.21. The van der Waals surface area contributed by atoms with Crippen LogP contribution < -0.4 is 15.8 Å². The summed E-state index contributed by atoms with van der Waals surface area (Å²) in [5.41, 5.74) is 7.09. The number of benzene rings is 1. The van der Waals surface area contributed by atoms with E-state index in [1.807, 2.05) is 25.1 Å².